The van der Waals surface area contributed by atoms with Gasteiger partial charge in [-0.1, -0.05) is 30.3 Å². The number of benzene rings is 1. The number of nitrogens with one attached hydrogen (secondary N) is 1. The third kappa shape index (κ3) is 2.48. The normalized spacial score (nSPS) is 17.2. The molecular formula is C19H18N6S. The third-order valence-electron chi connectivity index (χ3n) is 4.86. The zero-order valence-electron chi connectivity index (χ0n) is 14.1. The lowest BCUT2D eigenvalue weighted by Gasteiger charge is -2.14. The highest BCUT2D eigenvalue weighted by atomic mass is 32.1. The molecule has 1 aliphatic rings. The van der Waals surface area contributed by atoms with E-state index in [9.17, 15) is 0 Å². The van der Waals surface area contributed by atoms with E-state index in [0.29, 0.717) is 11.9 Å². The van der Waals surface area contributed by atoms with E-state index < -0.39 is 0 Å². The van der Waals surface area contributed by atoms with Crippen LogP contribution in [0.25, 0.3) is 32.0 Å². The van der Waals surface area contributed by atoms with Gasteiger partial charge in [-0.25, -0.2) is 15.0 Å². The first kappa shape index (κ1) is 15.5. The van der Waals surface area contributed by atoms with Gasteiger partial charge in [0, 0.05) is 18.2 Å². The van der Waals surface area contributed by atoms with Crippen LogP contribution in [0.1, 0.15) is 12.5 Å². The average molecular weight is 362 g/mol. The van der Waals surface area contributed by atoms with Crippen LogP contribution in [0.5, 0.6) is 0 Å². The van der Waals surface area contributed by atoms with Gasteiger partial charge in [-0.3, -0.25) is 0 Å². The summed E-state index contributed by atoms with van der Waals surface area (Å²) in [5, 5.41) is 4.35. The van der Waals surface area contributed by atoms with Crippen molar-refractivity contribution in [3.05, 3.63) is 49.1 Å². The number of fused-ring (bicyclic) bond motifs is 1. The van der Waals surface area contributed by atoms with E-state index in [-0.39, 0.29) is 0 Å². The maximum Gasteiger partial charge on any atom is 0.135 e. The molecule has 1 aromatic carbocycles. The molecule has 0 saturated carbocycles. The van der Waals surface area contributed by atoms with E-state index in [4.69, 9.17) is 10.7 Å². The number of nitrogen functional groups attached to an aromatic ring is 1. The third-order valence-corrected chi connectivity index (χ3v) is 5.91. The summed E-state index contributed by atoms with van der Waals surface area (Å²) in [5.74, 6) is 0.521. The van der Waals surface area contributed by atoms with Crippen molar-refractivity contribution in [2.75, 3.05) is 18.8 Å². The van der Waals surface area contributed by atoms with Crippen LogP contribution in [-0.2, 0) is 0 Å². The number of imidazole rings is 1. The maximum atomic E-state index is 6.06. The fourth-order valence-electron chi connectivity index (χ4n) is 3.56. The van der Waals surface area contributed by atoms with E-state index in [1.54, 1.807) is 11.3 Å². The summed E-state index contributed by atoms with van der Waals surface area (Å²) in [4.78, 5) is 15.3. The summed E-state index contributed by atoms with van der Waals surface area (Å²) in [6, 6.07) is 12.8. The zero-order valence-corrected chi connectivity index (χ0v) is 14.9. The van der Waals surface area contributed by atoms with Crippen LogP contribution in [0.3, 0.4) is 0 Å². The van der Waals surface area contributed by atoms with Gasteiger partial charge in [0.2, 0.25) is 0 Å². The van der Waals surface area contributed by atoms with E-state index in [1.165, 1.54) is 6.33 Å². The summed E-state index contributed by atoms with van der Waals surface area (Å²) < 4.78 is 2.30. The molecule has 0 radical (unpaired) electrons. The molecule has 0 spiro atoms. The number of thiophene rings is 1. The molecule has 4 heterocycles. The Morgan fingerprint density at radius 3 is 2.81 bits per heavy atom. The molecule has 26 heavy (non-hydrogen) atoms. The second kappa shape index (κ2) is 6.19. The molecule has 5 rings (SSSR count). The lowest BCUT2D eigenvalue weighted by molar-refractivity contribution is 0.552. The molecule has 3 N–H and O–H groups in total. The maximum absolute atomic E-state index is 6.06. The minimum absolute atomic E-state index is 0.406. The average Bonchev–Trinajstić information content (AvgIpc) is 3.40. The van der Waals surface area contributed by atoms with E-state index >= 15 is 0 Å². The zero-order chi connectivity index (χ0) is 17.5. The smallest absolute Gasteiger partial charge is 0.135 e. The quantitative estimate of drug-likeness (QED) is 0.584. The highest BCUT2D eigenvalue weighted by Gasteiger charge is 2.24. The minimum atomic E-state index is 0.406. The standard InChI is InChI=1S/C19H18N6S/c20-18-14-8-15(26-19(14)23-10-22-18)17-16(12-4-2-1-3-5-12)24-11-25(17)13-6-7-21-9-13/h1-5,8,10-11,13,21H,6-7,9H2,(H2,20,22,23). The molecule has 1 saturated heterocycles. The van der Waals surface area contributed by atoms with Gasteiger partial charge in [-0.2, -0.15) is 0 Å². The molecule has 1 atom stereocenters. The largest absolute Gasteiger partial charge is 0.383 e. The first-order valence-electron chi connectivity index (χ1n) is 8.64. The highest BCUT2D eigenvalue weighted by Crippen LogP contribution is 2.40. The van der Waals surface area contributed by atoms with Gasteiger partial charge in [0.1, 0.15) is 17.0 Å². The number of hydrogen-bond donors (Lipinski definition) is 2. The van der Waals surface area contributed by atoms with Crippen LogP contribution in [-0.4, -0.2) is 32.6 Å². The molecule has 1 fully saturated rings. The molecule has 0 bridgehead atoms. The molecule has 1 aliphatic heterocycles. The molecule has 130 valence electrons. The second-order valence-electron chi connectivity index (χ2n) is 6.45. The Labute approximate surface area is 154 Å². The van der Waals surface area contributed by atoms with Crippen molar-refractivity contribution in [2.45, 2.75) is 12.5 Å². The van der Waals surface area contributed by atoms with E-state index in [1.807, 2.05) is 24.5 Å². The molecule has 0 amide bonds. The summed E-state index contributed by atoms with van der Waals surface area (Å²) in [5.41, 5.74) is 9.30. The van der Waals surface area contributed by atoms with Crippen LogP contribution in [0.15, 0.2) is 49.1 Å². The predicted octanol–water partition coefficient (Wildman–Crippen LogP) is 3.34. The van der Waals surface area contributed by atoms with Gasteiger partial charge in [0.25, 0.3) is 0 Å². The lowest BCUT2D eigenvalue weighted by Crippen LogP contribution is -2.13. The Bertz CT molecular complexity index is 1060. The lowest BCUT2D eigenvalue weighted by atomic mass is 10.1. The molecule has 7 heteroatoms. The van der Waals surface area contributed by atoms with E-state index in [2.05, 4.69) is 38.1 Å². The van der Waals surface area contributed by atoms with Gasteiger partial charge in [-0.05, 0) is 19.0 Å². The molecule has 3 aromatic heterocycles. The van der Waals surface area contributed by atoms with Gasteiger partial charge in [0.05, 0.1) is 28.0 Å². The fourth-order valence-corrected chi connectivity index (χ4v) is 4.61. The van der Waals surface area contributed by atoms with Crippen molar-refractivity contribution < 1.29 is 0 Å². The number of anilines is 1. The van der Waals surface area contributed by atoms with Crippen LogP contribution in [0.4, 0.5) is 5.82 Å². The Kier molecular flexibility index (Phi) is 3.69. The Balaban J connectivity index is 1.74. The van der Waals surface area contributed by atoms with Crippen LogP contribution in [0.2, 0.25) is 0 Å². The monoisotopic (exact) mass is 362 g/mol. The first-order valence-corrected chi connectivity index (χ1v) is 9.46. The van der Waals surface area contributed by atoms with Crippen molar-refractivity contribution in [3.8, 4) is 21.8 Å². The molecule has 0 aliphatic carbocycles. The SMILES string of the molecule is Nc1ncnc2sc(-c3c(-c4ccccc4)ncn3C3CCNC3)cc12. The Hall–Kier alpha value is -2.77. The van der Waals surface area contributed by atoms with Crippen molar-refractivity contribution >= 4 is 27.4 Å². The summed E-state index contributed by atoms with van der Waals surface area (Å²) >= 11 is 1.64. The number of nitrogens with two attached hydrogens (primary N) is 1. The van der Waals surface area contributed by atoms with Crippen molar-refractivity contribution in [1.82, 2.24) is 24.8 Å². The summed E-state index contributed by atoms with van der Waals surface area (Å²) in [6.45, 7) is 2.00. The van der Waals surface area contributed by atoms with Crippen molar-refractivity contribution in [3.63, 3.8) is 0 Å². The minimum Gasteiger partial charge on any atom is -0.383 e. The number of rotatable bonds is 3. The molecule has 4 aromatic rings. The molecular weight excluding hydrogens is 344 g/mol. The van der Waals surface area contributed by atoms with E-state index in [0.717, 1.165) is 51.6 Å². The summed E-state index contributed by atoms with van der Waals surface area (Å²) in [6.07, 6.45) is 4.59. The predicted molar refractivity (Wildman–Crippen MR) is 105 cm³/mol. The number of hydrogen-bond acceptors (Lipinski definition) is 6. The van der Waals surface area contributed by atoms with Gasteiger partial charge in [0.15, 0.2) is 0 Å². The summed E-state index contributed by atoms with van der Waals surface area (Å²) in [7, 11) is 0. The topological polar surface area (TPSA) is 81.7 Å². The Morgan fingerprint density at radius 1 is 1.15 bits per heavy atom. The second-order valence-corrected chi connectivity index (χ2v) is 7.48. The number of nitrogens with zero attached hydrogens (tertiary/aromatic N) is 4. The Morgan fingerprint density at radius 2 is 2.04 bits per heavy atom. The van der Waals surface area contributed by atoms with Crippen LogP contribution in [0, 0.1) is 0 Å². The van der Waals surface area contributed by atoms with Gasteiger partial charge >= 0.3 is 0 Å². The van der Waals surface area contributed by atoms with Gasteiger partial charge < -0.3 is 15.6 Å². The molecule has 1 unspecified atom stereocenters. The van der Waals surface area contributed by atoms with Crippen LogP contribution < -0.4 is 11.1 Å². The van der Waals surface area contributed by atoms with Crippen molar-refractivity contribution in [1.29, 1.82) is 0 Å². The van der Waals surface area contributed by atoms with Crippen LogP contribution >= 0.6 is 11.3 Å². The fraction of sp³-hybridized carbons (Fsp3) is 0.211. The van der Waals surface area contributed by atoms with Gasteiger partial charge in [-0.15, -0.1) is 11.3 Å². The molecule has 6 nitrogen and oxygen atoms in total. The highest BCUT2D eigenvalue weighted by molar-refractivity contribution is 7.21. The van der Waals surface area contributed by atoms with Crippen molar-refractivity contribution in [2.24, 2.45) is 0 Å². The number of aromatic nitrogens is 4. The first-order chi connectivity index (χ1) is 12.8.